The lowest BCUT2D eigenvalue weighted by Crippen LogP contribution is -2.03. The number of benzene rings is 1. The molecule has 0 fully saturated rings. The molecule has 0 saturated heterocycles. The van der Waals surface area contributed by atoms with Gasteiger partial charge in [0.2, 0.25) is 0 Å². The highest BCUT2D eigenvalue weighted by Gasteiger charge is 2.14. The lowest BCUT2D eigenvalue weighted by molar-refractivity contribution is -0.133. The molecule has 0 radical (unpaired) electrons. The van der Waals surface area contributed by atoms with Crippen LogP contribution in [-0.2, 0) is 4.79 Å². The van der Waals surface area contributed by atoms with Crippen molar-refractivity contribution in [1.29, 1.82) is 0 Å². The normalized spacial score (nSPS) is 10.7. The van der Waals surface area contributed by atoms with Crippen molar-refractivity contribution < 1.29 is 14.3 Å². The van der Waals surface area contributed by atoms with Gasteiger partial charge in [0.15, 0.2) is 5.16 Å². The van der Waals surface area contributed by atoms with Gasteiger partial charge in [0.05, 0.1) is 20.7 Å². The number of aryl methyl sites for hydroxylation is 1. The number of hydrogen-bond acceptors (Lipinski definition) is 3. The number of thioether (sulfide) groups is 1. The molecule has 1 aromatic carbocycles. The predicted octanol–water partition coefficient (Wildman–Crippen LogP) is 3.10. The van der Waals surface area contributed by atoms with Crippen molar-refractivity contribution >= 4 is 40.3 Å². The van der Waals surface area contributed by atoms with Gasteiger partial charge in [0, 0.05) is 6.20 Å². The quantitative estimate of drug-likeness (QED) is 0.642. The number of halogens is 2. The van der Waals surface area contributed by atoms with Crippen molar-refractivity contribution in [2.75, 3.05) is 5.75 Å². The molecule has 19 heavy (non-hydrogen) atoms. The molecule has 0 atom stereocenters. The maximum Gasteiger partial charge on any atom is 0.313 e. The Kier molecular flexibility index (Phi) is 4.46. The average molecular weight is 392 g/mol. The third kappa shape index (κ3) is 3.27. The summed E-state index contributed by atoms with van der Waals surface area (Å²) in [6, 6.07) is 4.78. The van der Waals surface area contributed by atoms with Crippen LogP contribution in [0.4, 0.5) is 4.39 Å². The van der Waals surface area contributed by atoms with Crippen LogP contribution in [0.2, 0.25) is 0 Å². The number of carboxylic acids is 1. The van der Waals surface area contributed by atoms with E-state index in [1.54, 1.807) is 22.9 Å². The Balaban J connectivity index is 2.44. The standard InChI is InChI=1S/C12H10FIN2O2S/c1-7-5-16(12(15-7)19-6-10(17)18)9-4-2-3-8(13)11(9)14/h2-5H,6H2,1H3,(H,17,18). The van der Waals surface area contributed by atoms with E-state index in [0.29, 0.717) is 14.4 Å². The first kappa shape index (κ1) is 14.3. The second-order valence-corrected chi connectivity index (χ2v) is 5.81. The van der Waals surface area contributed by atoms with Gasteiger partial charge in [-0.25, -0.2) is 9.37 Å². The zero-order chi connectivity index (χ0) is 14.0. The molecule has 0 amide bonds. The van der Waals surface area contributed by atoms with Crippen LogP contribution in [0.5, 0.6) is 0 Å². The largest absolute Gasteiger partial charge is 0.481 e. The summed E-state index contributed by atoms with van der Waals surface area (Å²) in [5.41, 5.74) is 1.42. The van der Waals surface area contributed by atoms with Gasteiger partial charge in [-0.15, -0.1) is 0 Å². The highest BCUT2D eigenvalue weighted by atomic mass is 127. The zero-order valence-electron chi connectivity index (χ0n) is 9.93. The molecule has 0 aliphatic carbocycles. The first-order chi connectivity index (χ1) is 8.99. The minimum atomic E-state index is -0.911. The maximum atomic E-state index is 13.6. The van der Waals surface area contributed by atoms with E-state index in [4.69, 9.17) is 5.11 Å². The van der Waals surface area contributed by atoms with Crippen LogP contribution in [-0.4, -0.2) is 26.4 Å². The van der Waals surface area contributed by atoms with Crippen LogP contribution in [0.15, 0.2) is 29.6 Å². The molecule has 2 aromatic rings. The van der Waals surface area contributed by atoms with Crippen LogP contribution < -0.4 is 0 Å². The van der Waals surface area contributed by atoms with Gasteiger partial charge in [-0.3, -0.25) is 9.36 Å². The van der Waals surface area contributed by atoms with Gasteiger partial charge in [0.1, 0.15) is 5.82 Å². The van der Waals surface area contributed by atoms with E-state index in [2.05, 4.69) is 4.98 Å². The van der Waals surface area contributed by atoms with Gasteiger partial charge < -0.3 is 5.11 Å². The van der Waals surface area contributed by atoms with Crippen LogP contribution in [0, 0.1) is 16.3 Å². The van der Waals surface area contributed by atoms with Gasteiger partial charge in [-0.05, 0) is 41.6 Å². The molecule has 0 spiro atoms. The van der Waals surface area contributed by atoms with Crippen molar-refractivity contribution in [3.63, 3.8) is 0 Å². The summed E-state index contributed by atoms with van der Waals surface area (Å²) in [6.07, 6.45) is 1.76. The monoisotopic (exact) mass is 392 g/mol. The number of rotatable bonds is 4. The fourth-order valence-corrected chi connectivity index (χ4v) is 2.93. The molecular formula is C12H10FIN2O2S. The number of carbonyl (C=O) groups is 1. The second-order valence-electron chi connectivity index (χ2n) is 3.79. The second kappa shape index (κ2) is 5.91. The summed E-state index contributed by atoms with van der Waals surface area (Å²) in [4.78, 5) is 14.9. The van der Waals surface area contributed by atoms with Crippen molar-refractivity contribution in [1.82, 2.24) is 9.55 Å². The number of hydrogen-bond donors (Lipinski definition) is 1. The Morgan fingerprint density at radius 2 is 2.32 bits per heavy atom. The third-order valence-corrected chi connectivity index (χ3v) is 4.31. The fourth-order valence-electron chi connectivity index (χ4n) is 1.55. The zero-order valence-corrected chi connectivity index (χ0v) is 12.9. The molecule has 0 saturated carbocycles. The van der Waals surface area contributed by atoms with E-state index < -0.39 is 5.97 Å². The molecule has 0 bridgehead atoms. The summed E-state index contributed by atoms with van der Waals surface area (Å²) >= 11 is 3.04. The Morgan fingerprint density at radius 3 is 3.00 bits per heavy atom. The molecule has 1 aromatic heterocycles. The SMILES string of the molecule is Cc1cn(-c2cccc(F)c2I)c(SCC(=O)O)n1. The first-order valence-corrected chi connectivity index (χ1v) is 7.40. The summed E-state index contributed by atoms with van der Waals surface area (Å²) in [6.45, 7) is 1.81. The lowest BCUT2D eigenvalue weighted by atomic mass is 10.3. The van der Waals surface area contributed by atoms with Crippen LogP contribution in [0.3, 0.4) is 0 Å². The van der Waals surface area contributed by atoms with E-state index in [0.717, 1.165) is 17.5 Å². The van der Waals surface area contributed by atoms with Crippen LogP contribution in [0.25, 0.3) is 5.69 Å². The molecule has 2 rings (SSSR count). The number of imidazole rings is 1. The smallest absolute Gasteiger partial charge is 0.313 e. The number of aromatic nitrogens is 2. The Bertz CT molecular complexity index is 630. The molecule has 0 unspecified atom stereocenters. The first-order valence-electron chi connectivity index (χ1n) is 5.34. The lowest BCUT2D eigenvalue weighted by Gasteiger charge is -2.09. The Morgan fingerprint density at radius 1 is 1.58 bits per heavy atom. The van der Waals surface area contributed by atoms with E-state index in [1.807, 2.05) is 29.5 Å². The number of carboxylic acid groups (broad SMARTS) is 1. The summed E-state index contributed by atoms with van der Waals surface area (Å²) < 4.78 is 15.8. The Hall–Kier alpha value is -1.09. The number of aliphatic carboxylic acids is 1. The maximum absolute atomic E-state index is 13.6. The minimum Gasteiger partial charge on any atom is -0.481 e. The topological polar surface area (TPSA) is 55.1 Å². The molecule has 7 heteroatoms. The van der Waals surface area contributed by atoms with Gasteiger partial charge in [-0.1, -0.05) is 17.8 Å². The molecule has 0 aliphatic rings. The van der Waals surface area contributed by atoms with E-state index in [9.17, 15) is 9.18 Å². The van der Waals surface area contributed by atoms with Crippen LogP contribution in [0.1, 0.15) is 5.69 Å². The minimum absolute atomic E-state index is 0.0810. The highest BCUT2D eigenvalue weighted by Crippen LogP contribution is 2.26. The molecule has 100 valence electrons. The highest BCUT2D eigenvalue weighted by molar-refractivity contribution is 14.1. The van der Waals surface area contributed by atoms with Crippen LogP contribution >= 0.6 is 34.4 Å². The van der Waals surface area contributed by atoms with Crippen molar-refractivity contribution in [3.05, 3.63) is 39.5 Å². The molecule has 1 heterocycles. The summed E-state index contributed by atoms with van der Waals surface area (Å²) in [5.74, 6) is -1.30. The van der Waals surface area contributed by atoms with Crippen molar-refractivity contribution in [2.45, 2.75) is 12.1 Å². The predicted molar refractivity (Wildman–Crippen MR) is 79.3 cm³/mol. The Labute approximate surface area is 127 Å². The van der Waals surface area contributed by atoms with Gasteiger partial charge in [-0.2, -0.15) is 0 Å². The fraction of sp³-hybridized carbons (Fsp3) is 0.167. The average Bonchev–Trinajstić information content (AvgIpc) is 2.71. The van der Waals surface area contributed by atoms with Gasteiger partial charge >= 0.3 is 5.97 Å². The van der Waals surface area contributed by atoms with E-state index in [-0.39, 0.29) is 11.6 Å². The van der Waals surface area contributed by atoms with Gasteiger partial charge in [0.25, 0.3) is 0 Å². The van der Waals surface area contributed by atoms with E-state index in [1.165, 1.54) is 6.07 Å². The number of nitrogens with zero attached hydrogens (tertiary/aromatic N) is 2. The summed E-state index contributed by atoms with van der Waals surface area (Å²) in [7, 11) is 0. The summed E-state index contributed by atoms with van der Waals surface area (Å²) in [5, 5.41) is 9.27. The van der Waals surface area contributed by atoms with Crippen molar-refractivity contribution in [3.8, 4) is 5.69 Å². The third-order valence-electron chi connectivity index (χ3n) is 2.31. The van der Waals surface area contributed by atoms with E-state index >= 15 is 0 Å². The molecule has 1 N–H and O–H groups in total. The molecule has 4 nitrogen and oxygen atoms in total. The van der Waals surface area contributed by atoms with Crippen molar-refractivity contribution in [2.24, 2.45) is 0 Å². The molecular weight excluding hydrogens is 382 g/mol. The molecule has 0 aliphatic heterocycles.